The number of carbonyl (C=O) groups is 2. The van der Waals surface area contributed by atoms with Crippen LogP contribution in [-0.4, -0.2) is 41.8 Å². The number of nitrogens with two attached hydrogens (primary N) is 2. The second-order valence-electron chi connectivity index (χ2n) is 7.14. The molecule has 0 bridgehead atoms. The number of hydrogen-bond acceptors (Lipinski definition) is 3. The smallest absolute Gasteiger partial charge is 0.251 e. The molecule has 0 spiro atoms. The molecule has 2 heterocycles. The van der Waals surface area contributed by atoms with E-state index in [1.807, 2.05) is 18.2 Å². The number of likely N-dealkylation sites (tertiary alicyclic amines) is 1. The van der Waals surface area contributed by atoms with Crippen LogP contribution in [0.15, 0.2) is 30.3 Å². The molecule has 134 valence electrons. The number of carbonyl (C=O) groups excluding carboxylic acids is 2. The maximum atomic E-state index is 12.3. The lowest BCUT2D eigenvalue weighted by atomic mass is 9.85. The monoisotopic (exact) mass is 350 g/mol. The summed E-state index contributed by atoms with van der Waals surface area (Å²) in [5, 5.41) is 1.88. The van der Waals surface area contributed by atoms with Gasteiger partial charge in [0, 0.05) is 21.9 Å². The average molecular weight is 350 g/mol. The second-order valence-corrected chi connectivity index (χ2v) is 7.14. The number of piperidine rings is 1. The van der Waals surface area contributed by atoms with Gasteiger partial charge in [0.2, 0.25) is 5.91 Å². The summed E-state index contributed by atoms with van der Waals surface area (Å²) < 4.78 is 0. The van der Waals surface area contributed by atoms with Crippen molar-refractivity contribution in [2.75, 3.05) is 20.1 Å². The first-order valence-corrected chi connectivity index (χ1v) is 8.82. The lowest BCUT2D eigenvalue weighted by molar-refractivity contribution is 0.0991. The molecule has 4 rings (SSSR count). The van der Waals surface area contributed by atoms with E-state index in [0.29, 0.717) is 17.0 Å². The zero-order chi connectivity index (χ0) is 18.4. The third-order valence-corrected chi connectivity index (χ3v) is 5.50. The van der Waals surface area contributed by atoms with Crippen molar-refractivity contribution in [3.63, 3.8) is 0 Å². The minimum absolute atomic E-state index is 0.325. The van der Waals surface area contributed by atoms with Crippen LogP contribution in [0.2, 0.25) is 0 Å². The first kappa shape index (κ1) is 16.6. The number of aromatic nitrogens is 1. The Labute approximate surface area is 151 Å². The summed E-state index contributed by atoms with van der Waals surface area (Å²) in [6, 6.07) is 9.35. The van der Waals surface area contributed by atoms with Crippen molar-refractivity contribution in [2.45, 2.75) is 18.8 Å². The van der Waals surface area contributed by atoms with Gasteiger partial charge in [0.1, 0.15) is 0 Å². The number of primary amides is 2. The van der Waals surface area contributed by atoms with Gasteiger partial charge < -0.3 is 21.4 Å². The molecule has 0 aliphatic carbocycles. The lowest BCUT2D eigenvalue weighted by Crippen LogP contribution is -2.30. The third-order valence-electron chi connectivity index (χ3n) is 5.50. The van der Waals surface area contributed by atoms with E-state index in [9.17, 15) is 9.59 Å². The molecule has 1 aliphatic rings. The van der Waals surface area contributed by atoms with Crippen LogP contribution in [0.1, 0.15) is 45.0 Å². The Bertz CT molecular complexity index is 1030. The van der Waals surface area contributed by atoms with Crippen LogP contribution in [0, 0.1) is 0 Å². The third kappa shape index (κ3) is 2.63. The van der Waals surface area contributed by atoms with Gasteiger partial charge in [-0.25, -0.2) is 0 Å². The quantitative estimate of drug-likeness (QED) is 0.675. The van der Waals surface area contributed by atoms with Crippen molar-refractivity contribution < 1.29 is 9.59 Å². The Morgan fingerprint density at radius 2 is 1.73 bits per heavy atom. The Morgan fingerprint density at radius 3 is 2.38 bits per heavy atom. The molecule has 5 N–H and O–H groups in total. The summed E-state index contributed by atoms with van der Waals surface area (Å²) in [4.78, 5) is 29.4. The molecule has 26 heavy (non-hydrogen) atoms. The standard InChI is InChI=1S/C20H22N4O2/c1-24-8-6-11(7-9-24)13-4-5-15-14-3-2-12(19(21)25)10-16(14)23-18(15)17(13)20(22)26/h2-5,10-11,23H,6-9H2,1H3,(H2,21,25)(H2,22,26). The molecule has 0 atom stereocenters. The van der Waals surface area contributed by atoms with Crippen molar-refractivity contribution in [1.82, 2.24) is 9.88 Å². The number of hydrogen-bond donors (Lipinski definition) is 3. The van der Waals surface area contributed by atoms with Crippen LogP contribution in [0.3, 0.4) is 0 Å². The molecule has 0 unspecified atom stereocenters. The lowest BCUT2D eigenvalue weighted by Gasteiger charge is -2.30. The van der Waals surface area contributed by atoms with Gasteiger partial charge >= 0.3 is 0 Å². The van der Waals surface area contributed by atoms with Crippen molar-refractivity contribution in [3.8, 4) is 0 Å². The number of benzene rings is 2. The number of aromatic amines is 1. The van der Waals surface area contributed by atoms with Gasteiger partial charge in [-0.3, -0.25) is 9.59 Å². The van der Waals surface area contributed by atoms with E-state index in [2.05, 4.69) is 16.9 Å². The first-order valence-electron chi connectivity index (χ1n) is 8.82. The van der Waals surface area contributed by atoms with Crippen LogP contribution in [0.5, 0.6) is 0 Å². The maximum Gasteiger partial charge on any atom is 0.251 e. The number of fused-ring (bicyclic) bond motifs is 3. The fourth-order valence-corrected chi connectivity index (χ4v) is 4.07. The molecular formula is C20H22N4O2. The fraction of sp³-hybridized carbons (Fsp3) is 0.300. The maximum absolute atomic E-state index is 12.3. The highest BCUT2D eigenvalue weighted by Gasteiger charge is 2.25. The van der Waals surface area contributed by atoms with Gasteiger partial charge in [-0.15, -0.1) is 0 Å². The molecule has 0 radical (unpaired) electrons. The number of amides is 2. The summed E-state index contributed by atoms with van der Waals surface area (Å²) in [7, 11) is 2.11. The van der Waals surface area contributed by atoms with Crippen LogP contribution in [0.25, 0.3) is 21.8 Å². The molecule has 2 amide bonds. The zero-order valence-corrected chi connectivity index (χ0v) is 14.7. The van der Waals surface area contributed by atoms with Crippen LogP contribution in [-0.2, 0) is 0 Å². The highest BCUT2D eigenvalue weighted by Crippen LogP contribution is 2.36. The van der Waals surface area contributed by atoms with Gasteiger partial charge in [-0.1, -0.05) is 18.2 Å². The van der Waals surface area contributed by atoms with Crippen molar-refractivity contribution in [2.24, 2.45) is 11.5 Å². The molecule has 6 nitrogen and oxygen atoms in total. The molecule has 3 aromatic rings. The molecular weight excluding hydrogens is 328 g/mol. The van der Waals surface area contributed by atoms with Crippen molar-refractivity contribution >= 4 is 33.6 Å². The van der Waals surface area contributed by atoms with Gasteiger partial charge in [-0.2, -0.15) is 0 Å². The van der Waals surface area contributed by atoms with E-state index < -0.39 is 11.8 Å². The van der Waals surface area contributed by atoms with E-state index in [0.717, 1.165) is 53.3 Å². The molecule has 1 saturated heterocycles. The minimum atomic E-state index is -0.479. The predicted octanol–water partition coefficient (Wildman–Crippen LogP) is 2.33. The largest absolute Gasteiger partial charge is 0.366 e. The van der Waals surface area contributed by atoms with Gasteiger partial charge in [0.05, 0.1) is 11.1 Å². The molecule has 0 saturated carbocycles. The summed E-state index contributed by atoms with van der Waals surface area (Å²) >= 11 is 0. The molecule has 1 aromatic heterocycles. The SMILES string of the molecule is CN1CCC(c2ccc3c([nH]c4cc(C(N)=O)ccc43)c2C(N)=O)CC1. The van der Waals surface area contributed by atoms with Crippen LogP contribution < -0.4 is 11.5 Å². The summed E-state index contributed by atoms with van der Waals surface area (Å²) in [5.41, 5.74) is 14.7. The van der Waals surface area contributed by atoms with Crippen LogP contribution in [0.4, 0.5) is 0 Å². The molecule has 1 fully saturated rings. The average Bonchev–Trinajstić information content (AvgIpc) is 2.98. The molecule has 2 aromatic carbocycles. The molecule has 1 aliphatic heterocycles. The van der Waals surface area contributed by atoms with E-state index in [1.54, 1.807) is 12.1 Å². The number of nitrogens with zero attached hydrogens (tertiary/aromatic N) is 1. The predicted molar refractivity (Wildman–Crippen MR) is 102 cm³/mol. The number of H-pyrrole nitrogens is 1. The van der Waals surface area contributed by atoms with E-state index in [1.165, 1.54) is 0 Å². The highest BCUT2D eigenvalue weighted by atomic mass is 16.1. The van der Waals surface area contributed by atoms with Gasteiger partial charge in [0.25, 0.3) is 5.91 Å². The van der Waals surface area contributed by atoms with Crippen molar-refractivity contribution in [1.29, 1.82) is 0 Å². The number of rotatable bonds is 3. The van der Waals surface area contributed by atoms with Crippen molar-refractivity contribution in [3.05, 3.63) is 47.0 Å². The van der Waals surface area contributed by atoms with E-state index in [-0.39, 0.29) is 0 Å². The van der Waals surface area contributed by atoms with E-state index in [4.69, 9.17) is 11.5 Å². The molecule has 6 heteroatoms. The normalized spacial score (nSPS) is 16.3. The van der Waals surface area contributed by atoms with Gasteiger partial charge in [-0.05, 0) is 56.6 Å². The Kier molecular flexibility index (Phi) is 3.92. The summed E-state index contributed by atoms with van der Waals surface area (Å²) in [6.07, 6.45) is 2.02. The Hall–Kier alpha value is -2.86. The summed E-state index contributed by atoms with van der Waals surface area (Å²) in [5.74, 6) is -0.579. The summed E-state index contributed by atoms with van der Waals surface area (Å²) in [6.45, 7) is 2.02. The Balaban J connectivity index is 1.92. The topological polar surface area (TPSA) is 105 Å². The van der Waals surface area contributed by atoms with Crippen LogP contribution >= 0.6 is 0 Å². The van der Waals surface area contributed by atoms with E-state index >= 15 is 0 Å². The van der Waals surface area contributed by atoms with Gasteiger partial charge in [0.15, 0.2) is 0 Å². The Morgan fingerprint density at radius 1 is 1.04 bits per heavy atom. The number of nitrogens with one attached hydrogen (secondary N) is 1. The zero-order valence-electron chi connectivity index (χ0n) is 14.7. The fourth-order valence-electron chi connectivity index (χ4n) is 4.07. The first-order chi connectivity index (χ1) is 12.5. The second kappa shape index (κ2) is 6.14. The highest BCUT2D eigenvalue weighted by molar-refractivity contribution is 6.16. The minimum Gasteiger partial charge on any atom is -0.366 e.